The maximum absolute atomic E-state index is 2.23. The van der Waals surface area contributed by atoms with Crippen LogP contribution in [0.3, 0.4) is 0 Å². The van der Waals surface area contributed by atoms with Crippen LogP contribution in [-0.4, -0.2) is 0 Å². The van der Waals surface area contributed by atoms with Gasteiger partial charge in [0, 0.05) is 0 Å². The van der Waals surface area contributed by atoms with Crippen LogP contribution in [0.25, 0.3) is 0 Å². The van der Waals surface area contributed by atoms with Gasteiger partial charge in [-0.2, -0.15) is 0 Å². The van der Waals surface area contributed by atoms with Gasteiger partial charge in [-0.3, -0.25) is 0 Å². The summed E-state index contributed by atoms with van der Waals surface area (Å²) in [6, 6.07) is 0. The predicted octanol–water partition coefficient (Wildman–Crippen LogP) is 4.71. The van der Waals surface area contributed by atoms with Crippen molar-refractivity contribution in [1.29, 1.82) is 0 Å². The Balaban J connectivity index is 0. The van der Waals surface area contributed by atoms with E-state index in [4.69, 9.17) is 0 Å². The zero-order chi connectivity index (χ0) is 8.53. The van der Waals surface area contributed by atoms with Crippen molar-refractivity contribution >= 4 is 24.0 Å². The monoisotopic (exact) mass is 280 g/mol. The lowest BCUT2D eigenvalue weighted by Gasteiger charge is -1.91. The Morgan fingerprint density at radius 1 is 1.33 bits per heavy atom. The van der Waals surface area contributed by atoms with E-state index in [1.807, 2.05) is 0 Å². The number of hydrogen-bond acceptors (Lipinski definition) is 0. The van der Waals surface area contributed by atoms with Crippen molar-refractivity contribution in [1.82, 2.24) is 0 Å². The highest BCUT2D eigenvalue weighted by Gasteiger charge is 1.90. The first-order chi connectivity index (χ1) is 5.31. The molecule has 1 heteroatoms. The molecule has 0 atom stereocenters. The van der Waals surface area contributed by atoms with E-state index in [9.17, 15) is 0 Å². The Hall–Kier alpha value is 0.210. The summed E-state index contributed by atoms with van der Waals surface area (Å²) in [7, 11) is 0. The third-order valence-corrected chi connectivity index (χ3v) is 1.46. The highest BCUT2D eigenvalue weighted by atomic mass is 127. The summed E-state index contributed by atoms with van der Waals surface area (Å²) in [5.74, 6) is 0. The Morgan fingerprint density at radius 2 is 1.92 bits per heavy atom. The average molecular weight is 280 g/mol. The van der Waals surface area contributed by atoms with Crippen LogP contribution in [0.4, 0.5) is 0 Å². The SMILES string of the molecule is CC1=CC=CCCC1.CCC.I. The second-order valence-electron chi connectivity index (χ2n) is 3.04. The van der Waals surface area contributed by atoms with Gasteiger partial charge in [0.1, 0.15) is 0 Å². The summed E-state index contributed by atoms with van der Waals surface area (Å²) < 4.78 is 0. The van der Waals surface area contributed by atoms with E-state index in [2.05, 4.69) is 39.0 Å². The largest absolute Gasteiger partial charge is 0.107 e. The Kier molecular flexibility index (Phi) is 13.7. The number of allylic oxidation sites excluding steroid dienone is 4. The third kappa shape index (κ3) is 10.2. The van der Waals surface area contributed by atoms with Crippen LogP contribution in [0, 0.1) is 0 Å². The van der Waals surface area contributed by atoms with Gasteiger partial charge in [0.15, 0.2) is 0 Å². The molecule has 0 aromatic carbocycles. The van der Waals surface area contributed by atoms with Gasteiger partial charge in [-0.05, 0) is 26.2 Å². The molecule has 1 aliphatic carbocycles. The lowest BCUT2D eigenvalue weighted by atomic mass is 10.1. The molecule has 0 saturated carbocycles. The fourth-order valence-corrected chi connectivity index (χ4v) is 0.911. The van der Waals surface area contributed by atoms with E-state index in [0.29, 0.717) is 0 Å². The molecular formula is C11H21I. The molecule has 0 aromatic rings. The normalized spacial score (nSPS) is 14.8. The molecule has 0 saturated heterocycles. The molecule has 0 spiro atoms. The minimum Gasteiger partial charge on any atom is -0.107 e. The summed E-state index contributed by atoms with van der Waals surface area (Å²) in [4.78, 5) is 0. The van der Waals surface area contributed by atoms with Crippen LogP contribution in [0.15, 0.2) is 23.8 Å². The van der Waals surface area contributed by atoms with Crippen LogP contribution in [0.5, 0.6) is 0 Å². The highest BCUT2D eigenvalue weighted by Crippen LogP contribution is 2.10. The molecule has 0 amide bonds. The Morgan fingerprint density at radius 3 is 2.50 bits per heavy atom. The molecule has 0 aliphatic heterocycles. The minimum atomic E-state index is 0. The van der Waals surface area contributed by atoms with Crippen molar-refractivity contribution in [2.45, 2.75) is 46.5 Å². The first-order valence-corrected chi connectivity index (χ1v) is 4.63. The van der Waals surface area contributed by atoms with E-state index in [0.717, 1.165) is 0 Å². The van der Waals surface area contributed by atoms with Gasteiger partial charge < -0.3 is 0 Å². The fraction of sp³-hybridized carbons (Fsp3) is 0.636. The summed E-state index contributed by atoms with van der Waals surface area (Å²) in [6.07, 6.45) is 11.7. The second kappa shape index (κ2) is 11.2. The van der Waals surface area contributed by atoms with Gasteiger partial charge in [0.05, 0.1) is 0 Å². The summed E-state index contributed by atoms with van der Waals surface area (Å²) >= 11 is 0. The lowest BCUT2D eigenvalue weighted by Crippen LogP contribution is -1.71. The van der Waals surface area contributed by atoms with Crippen LogP contribution >= 0.6 is 24.0 Å². The molecule has 0 fully saturated rings. The molecule has 0 bridgehead atoms. The van der Waals surface area contributed by atoms with Gasteiger partial charge >= 0.3 is 0 Å². The molecule has 0 nitrogen and oxygen atoms in total. The van der Waals surface area contributed by atoms with E-state index >= 15 is 0 Å². The van der Waals surface area contributed by atoms with Crippen molar-refractivity contribution in [2.24, 2.45) is 0 Å². The highest BCUT2D eigenvalue weighted by molar-refractivity contribution is 14.0. The van der Waals surface area contributed by atoms with Crippen LogP contribution in [0.2, 0.25) is 0 Å². The van der Waals surface area contributed by atoms with Crippen LogP contribution in [-0.2, 0) is 0 Å². The minimum absolute atomic E-state index is 0. The standard InChI is InChI=1S/C8H12.C3H8.HI/c1-8-6-4-2-3-5-7-8;1-3-2;/h2,4,6H,3,5,7H2,1H3;3H2,1-2H3;1H. The molecule has 0 aromatic heterocycles. The van der Waals surface area contributed by atoms with Gasteiger partial charge in [0.25, 0.3) is 0 Å². The molecule has 0 radical (unpaired) electrons. The van der Waals surface area contributed by atoms with Gasteiger partial charge in [-0.15, -0.1) is 24.0 Å². The molecule has 0 heterocycles. The van der Waals surface area contributed by atoms with Crippen LogP contribution < -0.4 is 0 Å². The molecule has 0 unspecified atom stereocenters. The maximum atomic E-state index is 2.23. The number of rotatable bonds is 0. The first-order valence-electron chi connectivity index (χ1n) is 4.63. The number of halogens is 1. The molecule has 0 N–H and O–H groups in total. The van der Waals surface area contributed by atoms with E-state index < -0.39 is 0 Å². The van der Waals surface area contributed by atoms with Crippen molar-refractivity contribution in [3.05, 3.63) is 23.8 Å². The van der Waals surface area contributed by atoms with Crippen LogP contribution in [0.1, 0.15) is 46.5 Å². The summed E-state index contributed by atoms with van der Waals surface area (Å²) in [5.41, 5.74) is 1.51. The van der Waals surface area contributed by atoms with Crippen molar-refractivity contribution < 1.29 is 0 Å². The Labute approximate surface area is 94.2 Å². The van der Waals surface area contributed by atoms with E-state index in [-0.39, 0.29) is 24.0 Å². The molecular weight excluding hydrogens is 259 g/mol. The average Bonchev–Trinajstić information content (AvgIpc) is 2.18. The zero-order valence-corrected chi connectivity index (χ0v) is 10.8. The zero-order valence-electron chi connectivity index (χ0n) is 8.47. The topological polar surface area (TPSA) is 0 Å². The second-order valence-corrected chi connectivity index (χ2v) is 3.04. The lowest BCUT2D eigenvalue weighted by molar-refractivity contribution is 0.841. The molecule has 1 rings (SSSR count). The van der Waals surface area contributed by atoms with E-state index in [1.54, 1.807) is 0 Å². The van der Waals surface area contributed by atoms with Crippen molar-refractivity contribution in [2.75, 3.05) is 0 Å². The quantitative estimate of drug-likeness (QED) is 0.564. The summed E-state index contributed by atoms with van der Waals surface area (Å²) in [5, 5.41) is 0. The predicted molar refractivity (Wildman–Crippen MR) is 68.1 cm³/mol. The van der Waals surface area contributed by atoms with Gasteiger partial charge in [-0.1, -0.05) is 44.1 Å². The third-order valence-electron chi connectivity index (χ3n) is 1.46. The fourth-order valence-electron chi connectivity index (χ4n) is 0.911. The summed E-state index contributed by atoms with van der Waals surface area (Å²) in [6.45, 7) is 6.44. The van der Waals surface area contributed by atoms with E-state index in [1.165, 1.54) is 31.3 Å². The molecule has 72 valence electrons. The first kappa shape index (κ1) is 14.7. The van der Waals surface area contributed by atoms with Gasteiger partial charge in [-0.25, -0.2) is 0 Å². The smallest absolute Gasteiger partial charge is 0.0317 e. The Bertz CT molecular complexity index is 134. The van der Waals surface area contributed by atoms with Crippen molar-refractivity contribution in [3.8, 4) is 0 Å². The maximum Gasteiger partial charge on any atom is -0.0317 e. The van der Waals surface area contributed by atoms with Crippen molar-refractivity contribution in [3.63, 3.8) is 0 Å². The molecule has 1 aliphatic rings. The molecule has 12 heavy (non-hydrogen) atoms. The van der Waals surface area contributed by atoms with Gasteiger partial charge in [0.2, 0.25) is 0 Å². The number of hydrogen-bond donors (Lipinski definition) is 0.